The molecule has 1 aliphatic carbocycles. The zero-order valence-corrected chi connectivity index (χ0v) is 19.0. The number of ether oxygens (including phenoxy) is 1. The third-order valence-electron chi connectivity index (χ3n) is 5.39. The van der Waals surface area contributed by atoms with Crippen molar-refractivity contribution in [3.63, 3.8) is 0 Å². The molecular weight excluding hydrogens is 422 g/mol. The fourth-order valence-electron chi connectivity index (χ4n) is 3.77. The van der Waals surface area contributed by atoms with E-state index in [2.05, 4.69) is 15.6 Å². The van der Waals surface area contributed by atoms with Gasteiger partial charge in [0.2, 0.25) is 0 Å². The van der Waals surface area contributed by atoms with Crippen LogP contribution in [0.5, 0.6) is 5.75 Å². The molecule has 2 N–H and O–H groups in total. The quantitative estimate of drug-likeness (QED) is 0.508. The first-order valence-electron chi connectivity index (χ1n) is 11.0. The van der Waals surface area contributed by atoms with Gasteiger partial charge in [-0.15, -0.1) is 11.3 Å². The number of amides is 2. The highest BCUT2D eigenvalue weighted by molar-refractivity contribution is 7.17. The van der Waals surface area contributed by atoms with E-state index < -0.39 is 0 Å². The van der Waals surface area contributed by atoms with E-state index in [1.807, 2.05) is 19.1 Å². The minimum absolute atomic E-state index is 0.160. The maximum absolute atomic E-state index is 13.1. The Kier molecular flexibility index (Phi) is 7.17. The van der Waals surface area contributed by atoms with Crippen molar-refractivity contribution in [1.82, 2.24) is 10.3 Å². The number of pyridine rings is 1. The lowest BCUT2D eigenvalue weighted by molar-refractivity contribution is 0.0951. The largest absolute Gasteiger partial charge is 0.494 e. The van der Waals surface area contributed by atoms with E-state index in [4.69, 9.17) is 4.74 Å². The summed E-state index contributed by atoms with van der Waals surface area (Å²) < 4.78 is 5.59. The van der Waals surface area contributed by atoms with E-state index in [0.29, 0.717) is 29.3 Å². The van der Waals surface area contributed by atoms with E-state index in [-0.39, 0.29) is 11.8 Å². The number of carbonyl (C=O) groups is 2. The number of fused-ring (bicyclic) bond motifs is 1. The van der Waals surface area contributed by atoms with E-state index in [9.17, 15) is 9.59 Å². The molecule has 0 fully saturated rings. The minimum atomic E-state index is -0.230. The lowest BCUT2D eigenvalue weighted by Gasteiger charge is -2.13. The van der Waals surface area contributed by atoms with Gasteiger partial charge in [0.25, 0.3) is 11.8 Å². The Labute approximate surface area is 192 Å². The number of nitrogens with zero attached hydrogens (tertiary/aromatic N) is 1. The second-order valence-electron chi connectivity index (χ2n) is 7.79. The Morgan fingerprint density at radius 1 is 1.09 bits per heavy atom. The molecular formula is C25H27N3O3S. The summed E-state index contributed by atoms with van der Waals surface area (Å²) in [5.74, 6) is 0.351. The van der Waals surface area contributed by atoms with Crippen molar-refractivity contribution in [2.75, 3.05) is 11.9 Å². The second kappa shape index (κ2) is 10.4. The van der Waals surface area contributed by atoms with E-state index >= 15 is 0 Å². The minimum Gasteiger partial charge on any atom is -0.494 e. The van der Waals surface area contributed by atoms with Gasteiger partial charge in [-0.2, -0.15) is 0 Å². The van der Waals surface area contributed by atoms with Crippen molar-refractivity contribution >= 4 is 28.2 Å². The first-order chi connectivity index (χ1) is 15.7. The number of benzene rings is 1. The summed E-state index contributed by atoms with van der Waals surface area (Å²) in [6.07, 6.45) is 8.34. The van der Waals surface area contributed by atoms with Crippen LogP contribution in [0.25, 0.3) is 0 Å². The Morgan fingerprint density at radius 3 is 2.66 bits per heavy atom. The van der Waals surface area contributed by atoms with Gasteiger partial charge in [-0.1, -0.05) is 13.0 Å². The van der Waals surface area contributed by atoms with Crippen LogP contribution in [0.15, 0.2) is 48.8 Å². The lowest BCUT2D eigenvalue weighted by Crippen LogP contribution is -2.25. The van der Waals surface area contributed by atoms with Crippen LogP contribution >= 0.6 is 11.3 Å². The zero-order valence-electron chi connectivity index (χ0n) is 18.1. The number of hydrogen-bond acceptors (Lipinski definition) is 5. The highest BCUT2D eigenvalue weighted by Gasteiger charge is 2.26. The van der Waals surface area contributed by atoms with Crippen LogP contribution in [-0.2, 0) is 19.4 Å². The van der Waals surface area contributed by atoms with E-state index in [1.54, 1.807) is 36.7 Å². The van der Waals surface area contributed by atoms with E-state index in [1.165, 1.54) is 16.2 Å². The summed E-state index contributed by atoms with van der Waals surface area (Å²) in [4.78, 5) is 31.4. The van der Waals surface area contributed by atoms with Crippen molar-refractivity contribution in [2.45, 2.75) is 45.6 Å². The van der Waals surface area contributed by atoms with Gasteiger partial charge < -0.3 is 15.4 Å². The fraction of sp³-hybridized carbons (Fsp3) is 0.320. The van der Waals surface area contributed by atoms with Crippen LogP contribution in [0.3, 0.4) is 0 Å². The number of carbonyl (C=O) groups excluding carboxylic acids is 2. The Hall–Kier alpha value is -3.19. The molecule has 0 atom stereocenters. The van der Waals surface area contributed by atoms with Gasteiger partial charge in [-0.25, -0.2) is 0 Å². The molecule has 0 aliphatic heterocycles. The maximum Gasteiger partial charge on any atom is 0.256 e. The summed E-state index contributed by atoms with van der Waals surface area (Å²) in [5.41, 5.74) is 3.14. The molecule has 1 aromatic carbocycles. The molecule has 166 valence electrons. The Bertz CT molecular complexity index is 1080. The molecule has 6 nitrogen and oxygen atoms in total. The fourth-order valence-corrected chi connectivity index (χ4v) is 5.05. The van der Waals surface area contributed by atoms with Crippen LogP contribution in [0.1, 0.15) is 62.9 Å². The molecule has 2 amide bonds. The number of thiophene rings is 1. The first-order valence-corrected chi connectivity index (χ1v) is 11.8. The molecule has 32 heavy (non-hydrogen) atoms. The molecule has 0 saturated carbocycles. The first kappa shape index (κ1) is 22.0. The summed E-state index contributed by atoms with van der Waals surface area (Å²) in [5, 5.41) is 6.61. The summed E-state index contributed by atoms with van der Waals surface area (Å²) in [6, 6.07) is 10.9. The van der Waals surface area contributed by atoms with Crippen LogP contribution in [0.2, 0.25) is 0 Å². The van der Waals surface area contributed by atoms with Crippen molar-refractivity contribution in [2.24, 2.45) is 0 Å². The van der Waals surface area contributed by atoms with Crippen molar-refractivity contribution < 1.29 is 14.3 Å². The Morgan fingerprint density at radius 2 is 1.91 bits per heavy atom. The van der Waals surface area contributed by atoms with Crippen molar-refractivity contribution in [3.05, 3.63) is 75.9 Å². The predicted octanol–water partition coefficient (Wildman–Crippen LogP) is 4.99. The van der Waals surface area contributed by atoms with Crippen LogP contribution in [0.4, 0.5) is 5.00 Å². The van der Waals surface area contributed by atoms with Gasteiger partial charge in [0.1, 0.15) is 10.8 Å². The van der Waals surface area contributed by atoms with Crippen LogP contribution in [-0.4, -0.2) is 23.4 Å². The molecule has 4 rings (SSSR count). The van der Waals surface area contributed by atoms with E-state index in [0.717, 1.165) is 49.0 Å². The third-order valence-corrected chi connectivity index (χ3v) is 6.60. The zero-order chi connectivity index (χ0) is 22.3. The highest BCUT2D eigenvalue weighted by atomic mass is 32.1. The SMILES string of the molecule is CCCOc1ccc(C(=O)Nc2sc3c(c2C(=O)NCc2cccnc2)CCCC3)cc1. The molecule has 7 heteroatoms. The summed E-state index contributed by atoms with van der Waals surface area (Å²) in [7, 11) is 0. The molecule has 0 saturated heterocycles. The van der Waals surface area contributed by atoms with Gasteiger partial charge in [0, 0.05) is 29.4 Å². The third kappa shape index (κ3) is 5.16. The number of hydrogen-bond donors (Lipinski definition) is 2. The average molecular weight is 450 g/mol. The molecule has 0 radical (unpaired) electrons. The highest BCUT2D eigenvalue weighted by Crippen LogP contribution is 2.38. The number of aromatic nitrogens is 1. The monoisotopic (exact) mass is 449 g/mol. The Balaban J connectivity index is 1.52. The number of rotatable bonds is 8. The number of nitrogens with one attached hydrogen (secondary N) is 2. The molecule has 2 aromatic heterocycles. The van der Waals surface area contributed by atoms with Crippen LogP contribution in [0, 0.1) is 0 Å². The van der Waals surface area contributed by atoms with Crippen molar-refractivity contribution in [1.29, 1.82) is 0 Å². The molecule has 3 aromatic rings. The van der Waals surface area contributed by atoms with Gasteiger partial charge in [0.05, 0.1) is 12.2 Å². The number of aryl methyl sites for hydroxylation is 1. The second-order valence-corrected chi connectivity index (χ2v) is 8.89. The smallest absolute Gasteiger partial charge is 0.256 e. The molecule has 0 bridgehead atoms. The summed E-state index contributed by atoms with van der Waals surface area (Å²) in [6.45, 7) is 3.08. The normalized spacial score (nSPS) is 12.7. The molecule has 2 heterocycles. The number of anilines is 1. The maximum atomic E-state index is 13.1. The predicted molar refractivity (Wildman–Crippen MR) is 127 cm³/mol. The molecule has 0 spiro atoms. The van der Waals surface area contributed by atoms with Crippen LogP contribution < -0.4 is 15.4 Å². The molecule has 1 aliphatic rings. The lowest BCUT2D eigenvalue weighted by atomic mass is 9.95. The van der Waals surface area contributed by atoms with Gasteiger partial charge in [0.15, 0.2) is 0 Å². The molecule has 0 unspecified atom stereocenters. The summed E-state index contributed by atoms with van der Waals surface area (Å²) >= 11 is 1.52. The van der Waals surface area contributed by atoms with Gasteiger partial charge in [-0.05, 0) is 73.6 Å². The topological polar surface area (TPSA) is 80.3 Å². The average Bonchev–Trinajstić information content (AvgIpc) is 3.20. The standard InChI is InChI=1S/C25H27N3O3S/c1-2-14-31-19-11-9-18(10-12-19)23(29)28-25-22(20-7-3-4-8-21(20)32-25)24(30)27-16-17-6-5-13-26-15-17/h5-6,9-13,15H,2-4,7-8,14,16H2,1H3,(H,27,30)(H,28,29). The van der Waals surface area contributed by atoms with Crippen molar-refractivity contribution in [3.8, 4) is 5.75 Å². The van der Waals surface area contributed by atoms with Gasteiger partial charge >= 0.3 is 0 Å². The van der Waals surface area contributed by atoms with Gasteiger partial charge in [-0.3, -0.25) is 14.6 Å².